The number of amides is 1. The van der Waals surface area contributed by atoms with Crippen LogP contribution in [0.4, 0.5) is 5.69 Å². The van der Waals surface area contributed by atoms with E-state index in [0.29, 0.717) is 12.2 Å². The molecule has 0 radical (unpaired) electrons. The van der Waals surface area contributed by atoms with E-state index in [9.17, 15) is 13.2 Å². The molecule has 1 unspecified atom stereocenters. The number of sulfonamides is 1. The van der Waals surface area contributed by atoms with Crippen molar-refractivity contribution in [3.05, 3.63) is 70.7 Å². The van der Waals surface area contributed by atoms with Crippen LogP contribution < -0.4 is 28.6 Å². The average Bonchev–Trinajstić information content (AvgIpc) is 2.93. The fourth-order valence-electron chi connectivity index (χ4n) is 4.17. The minimum atomic E-state index is -4.30. The zero-order chi connectivity index (χ0) is 28.7. The van der Waals surface area contributed by atoms with Gasteiger partial charge in [0.05, 0.1) is 45.1 Å². The molecule has 0 aromatic heterocycles. The molecule has 0 bridgehead atoms. The Bertz CT molecular complexity index is 1430. The summed E-state index contributed by atoms with van der Waals surface area (Å²) >= 11 is 6.24. The van der Waals surface area contributed by atoms with Crippen molar-refractivity contribution in [2.24, 2.45) is 0 Å². The van der Waals surface area contributed by atoms with Crippen molar-refractivity contribution in [1.29, 1.82) is 0 Å². The van der Waals surface area contributed by atoms with E-state index in [4.69, 9.17) is 30.5 Å². The zero-order valence-corrected chi connectivity index (χ0v) is 24.4. The molecular formula is C28H33ClN2O7S. The minimum absolute atomic E-state index is 0.104. The SMILES string of the molecule is CCC(NC(=O)CN(c1cc(Cl)ccc1OC)S(=O)(=O)c1ccc(OC)c(OC)c1)c1ccc(OC)c(C)c1. The van der Waals surface area contributed by atoms with Gasteiger partial charge in [0, 0.05) is 11.1 Å². The van der Waals surface area contributed by atoms with Gasteiger partial charge in [0.2, 0.25) is 5.91 Å². The van der Waals surface area contributed by atoms with Gasteiger partial charge in [-0.15, -0.1) is 0 Å². The van der Waals surface area contributed by atoms with Crippen LogP contribution in [0, 0.1) is 6.92 Å². The van der Waals surface area contributed by atoms with Crippen LogP contribution in [0.1, 0.15) is 30.5 Å². The van der Waals surface area contributed by atoms with Crippen LogP contribution in [0.3, 0.4) is 0 Å². The molecule has 1 N–H and O–H groups in total. The lowest BCUT2D eigenvalue weighted by atomic mass is 10.0. The second-order valence-electron chi connectivity index (χ2n) is 8.60. The number of carbonyl (C=O) groups is 1. The quantitative estimate of drug-likeness (QED) is 0.318. The summed E-state index contributed by atoms with van der Waals surface area (Å²) in [6.07, 6.45) is 0.584. The monoisotopic (exact) mass is 576 g/mol. The number of hydrogen-bond acceptors (Lipinski definition) is 7. The van der Waals surface area contributed by atoms with E-state index in [1.54, 1.807) is 19.2 Å². The Morgan fingerprint density at radius 1 is 0.872 bits per heavy atom. The number of carbonyl (C=O) groups excluding carboxylic acids is 1. The standard InChI is InChI=1S/C28H33ClN2O7S/c1-7-22(19-8-11-24(35-3)18(2)14-19)30-28(32)17-31(23-15-20(29)9-12-25(23)36-4)39(33,34)21-10-13-26(37-5)27(16-21)38-6/h8-16,22H,7,17H2,1-6H3,(H,30,32). The number of methoxy groups -OCH3 is 4. The number of nitrogens with zero attached hydrogens (tertiary/aromatic N) is 1. The van der Waals surface area contributed by atoms with Crippen molar-refractivity contribution >= 4 is 33.2 Å². The average molecular weight is 577 g/mol. The highest BCUT2D eigenvalue weighted by Gasteiger charge is 2.31. The molecule has 1 atom stereocenters. The van der Waals surface area contributed by atoms with Crippen molar-refractivity contribution in [3.8, 4) is 23.0 Å². The first-order chi connectivity index (χ1) is 18.6. The first-order valence-electron chi connectivity index (χ1n) is 12.1. The Kier molecular flexibility index (Phi) is 9.93. The number of rotatable bonds is 12. The summed E-state index contributed by atoms with van der Waals surface area (Å²) in [4.78, 5) is 13.3. The van der Waals surface area contributed by atoms with Crippen LogP contribution in [-0.2, 0) is 14.8 Å². The van der Waals surface area contributed by atoms with Gasteiger partial charge in [-0.2, -0.15) is 0 Å². The van der Waals surface area contributed by atoms with Crippen LogP contribution in [0.25, 0.3) is 0 Å². The second-order valence-corrected chi connectivity index (χ2v) is 10.9. The molecule has 0 aliphatic rings. The summed E-state index contributed by atoms with van der Waals surface area (Å²) in [5.74, 6) is 1.04. The van der Waals surface area contributed by atoms with E-state index >= 15 is 0 Å². The molecular weight excluding hydrogens is 544 g/mol. The maximum Gasteiger partial charge on any atom is 0.265 e. The van der Waals surface area contributed by atoms with E-state index < -0.39 is 22.5 Å². The number of hydrogen-bond donors (Lipinski definition) is 1. The fourth-order valence-corrected chi connectivity index (χ4v) is 5.78. The summed E-state index contributed by atoms with van der Waals surface area (Å²) in [7, 11) is 1.57. The summed E-state index contributed by atoms with van der Waals surface area (Å²) in [6.45, 7) is 3.32. The maximum atomic E-state index is 14.0. The smallest absolute Gasteiger partial charge is 0.265 e. The molecule has 0 aliphatic carbocycles. The zero-order valence-electron chi connectivity index (χ0n) is 22.8. The molecule has 3 aromatic carbocycles. The minimum Gasteiger partial charge on any atom is -0.496 e. The second kappa shape index (κ2) is 12.9. The Balaban J connectivity index is 2.03. The van der Waals surface area contributed by atoms with Crippen molar-refractivity contribution < 1.29 is 32.2 Å². The van der Waals surface area contributed by atoms with Gasteiger partial charge < -0.3 is 24.3 Å². The summed E-state index contributed by atoms with van der Waals surface area (Å²) < 4.78 is 50.3. The molecule has 0 saturated carbocycles. The van der Waals surface area contributed by atoms with E-state index in [1.165, 1.54) is 45.6 Å². The number of nitrogens with one attached hydrogen (secondary N) is 1. The molecule has 0 saturated heterocycles. The number of benzene rings is 3. The number of aryl methyl sites for hydroxylation is 1. The third-order valence-corrected chi connectivity index (χ3v) is 8.20. The van der Waals surface area contributed by atoms with Crippen LogP contribution >= 0.6 is 11.6 Å². The third-order valence-electron chi connectivity index (χ3n) is 6.20. The summed E-state index contributed by atoms with van der Waals surface area (Å²) in [5, 5.41) is 3.24. The van der Waals surface area contributed by atoms with Gasteiger partial charge in [-0.25, -0.2) is 8.42 Å². The highest BCUT2D eigenvalue weighted by Crippen LogP contribution is 2.37. The number of anilines is 1. The molecule has 3 aromatic rings. The van der Waals surface area contributed by atoms with Gasteiger partial charge in [-0.1, -0.05) is 30.7 Å². The largest absolute Gasteiger partial charge is 0.496 e. The summed E-state index contributed by atoms with van der Waals surface area (Å²) in [5.41, 5.74) is 1.91. The van der Waals surface area contributed by atoms with Crippen molar-refractivity contribution in [1.82, 2.24) is 5.32 Å². The molecule has 39 heavy (non-hydrogen) atoms. The Hall–Kier alpha value is -3.63. The molecule has 3 rings (SSSR count). The molecule has 1 amide bonds. The Morgan fingerprint density at radius 3 is 2.08 bits per heavy atom. The maximum absolute atomic E-state index is 14.0. The van der Waals surface area contributed by atoms with Crippen molar-refractivity contribution in [2.45, 2.75) is 31.2 Å². The molecule has 9 nitrogen and oxygen atoms in total. The van der Waals surface area contributed by atoms with Gasteiger partial charge in [-0.3, -0.25) is 9.10 Å². The van der Waals surface area contributed by atoms with Crippen molar-refractivity contribution in [3.63, 3.8) is 0 Å². The lowest BCUT2D eigenvalue weighted by Crippen LogP contribution is -2.42. The fraction of sp³-hybridized carbons (Fsp3) is 0.321. The number of ether oxygens (including phenoxy) is 4. The molecule has 0 heterocycles. The van der Waals surface area contributed by atoms with Crippen LogP contribution in [0.15, 0.2) is 59.5 Å². The van der Waals surface area contributed by atoms with E-state index in [2.05, 4.69) is 5.32 Å². The first-order valence-corrected chi connectivity index (χ1v) is 13.9. The molecule has 0 aliphatic heterocycles. The van der Waals surface area contributed by atoms with Crippen LogP contribution in [0.2, 0.25) is 5.02 Å². The van der Waals surface area contributed by atoms with E-state index in [-0.39, 0.29) is 33.1 Å². The molecule has 210 valence electrons. The lowest BCUT2D eigenvalue weighted by molar-refractivity contribution is -0.120. The molecule has 0 fully saturated rings. The third kappa shape index (κ3) is 6.69. The van der Waals surface area contributed by atoms with Gasteiger partial charge in [-0.05, 0) is 60.9 Å². The lowest BCUT2D eigenvalue weighted by Gasteiger charge is -2.27. The predicted molar refractivity (Wildman–Crippen MR) is 151 cm³/mol. The number of halogens is 1. The topological polar surface area (TPSA) is 103 Å². The van der Waals surface area contributed by atoms with Gasteiger partial charge in [0.25, 0.3) is 10.0 Å². The Labute approximate surface area is 234 Å². The highest BCUT2D eigenvalue weighted by atomic mass is 35.5. The normalized spacial score (nSPS) is 11.9. The van der Waals surface area contributed by atoms with E-state index in [1.807, 2.05) is 32.0 Å². The predicted octanol–water partition coefficient (Wildman–Crippen LogP) is 5.15. The van der Waals surface area contributed by atoms with Crippen molar-refractivity contribution in [2.75, 3.05) is 39.3 Å². The molecule has 11 heteroatoms. The van der Waals surface area contributed by atoms with Gasteiger partial charge >= 0.3 is 0 Å². The Morgan fingerprint density at radius 2 is 1.49 bits per heavy atom. The first kappa shape index (κ1) is 29.9. The molecule has 0 spiro atoms. The van der Waals surface area contributed by atoms with Crippen LogP contribution in [0.5, 0.6) is 23.0 Å². The van der Waals surface area contributed by atoms with Gasteiger partial charge in [0.1, 0.15) is 18.0 Å². The summed E-state index contributed by atoms with van der Waals surface area (Å²) in [6, 6.07) is 14.1. The highest BCUT2D eigenvalue weighted by molar-refractivity contribution is 7.92. The van der Waals surface area contributed by atoms with Gasteiger partial charge in [0.15, 0.2) is 11.5 Å². The van der Waals surface area contributed by atoms with Crippen LogP contribution in [-0.4, -0.2) is 49.3 Å². The van der Waals surface area contributed by atoms with E-state index in [0.717, 1.165) is 21.2 Å².